The van der Waals surface area contributed by atoms with Gasteiger partial charge in [-0.25, -0.2) is 13.1 Å². The molecule has 1 aromatic carbocycles. The fraction of sp³-hybridized carbons (Fsp3) is 0.571. The Morgan fingerprint density at radius 1 is 1.30 bits per heavy atom. The summed E-state index contributed by atoms with van der Waals surface area (Å²) in [6.07, 6.45) is 2.19. The van der Waals surface area contributed by atoms with Crippen molar-refractivity contribution in [1.29, 1.82) is 0 Å². The van der Waals surface area contributed by atoms with E-state index in [1.807, 2.05) is 6.92 Å². The molecule has 1 fully saturated rings. The van der Waals surface area contributed by atoms with E-state index in [0.29, 0.717) is 12.4 Å². The summed E-state index contributed by atoms with van der Waals surface area (Å²) in [6, 6.07) is 6.34. The minimum atomic E-state index is -3.52. The van der Waals surface area contributed by atoms with Gasteiger partial charge in [0.2, 0.25) is 10.0 Å². The molecule has 2 N–H and O–H groups in total. The van der Waals surface area contributed by atoms with Gasteiger partial charge in [-0.05, 0) is 49.9 Å². The summed E-state index contributed by atoms with van der Waals surface area (Å²) in [5.74, 6) is 0.671. The fourth-order valence-electron chi connectivity index (χ4n) is 2.44. The molecule has 0 spiro atoms. The van der Waals surface area contributed by atoms with E-state index in [2.05, 4.69) is 4.72 Å². The van der Waals surface area contributed by atoms with Crippen LogP contribution < -0.4 is 9.46 Å². The second-order valence-electron chi connectivity index (χ2n) is 5.01. The first-order valence-electron chi connectivity index (χ1n) is 6.93. The van der Waals surface area contributed by atoms with Crippen LogP contribution in [0.3, 0.4) is 0 Å². The van der Waals surface area contributed by atoms with Crippen molar-refractivity contribution in [2.75, 3.05) is 13.2 Å². The molecule has 2 rings (SSSR count). The van der Waals surface area contributed by atoms with Crippen LogP contribution in [0.25, 0.3) is 0 Å². The Morgan fingerprint density at radius 3 is 2.55 bits per heavy atom. The lowest BCUT2D eigenvalue weighted by molar-refractivity contribution is 0.134. The Labute approximate surface area is 120 Å². The molecule has 20 heavy (non-hydrogen) atoms. The van der Waals surface area contributed by atoms with Crippen LogP contribution in [0.4, 0.5) is 0 Å². The first kappa shape index (κ1) is 15.3. The molecule has 6 heteroatoms. The van der Waals surface area contributed by atoms with E-state index in [-0.39, 0.29) is 17.4 Å². The highest BCUT2D eigenvalue weighted by molar-refractivity contribution is 7.89. The highest BCUT2D eigenvalue weighted by Gasteiger charge is 2.26. The zero-order chi connectivity index (χ0) is 14.6. The monoisotopic (exact) mass is 299 g/mol. The van der Waals surface area contributed by atoms with Crippen LogP contribution in [-0.4, -0.2) is 32.8 Å². The van der Waals surface area contributed by atoms with Crippen molar-refractivity contribution < 1.29 is 18.3 Å². The van der Waals surface area contributed by atoms with E-state index >= 15 is 0 Å². The molecule has 0 aliphatic heterocycles. The van der Waals surface area contributed by atoms with Crippen molar-refractivity contribution in [2.24, 2.45) is 5.92 Å². The molecule has 112 valence electrons. The van der Waals surface area contributed by atoms with Crippen molar-refractivity contribution in [3.8, 4) is 5.75 Å². The van der Waals surface area contributed by atoms with Gasteiger partial charge in [0.15, 0.2) is 0 Å². The van der Waals surface area contributed by atoms with Gasteiger partial charge in [-0.1, -0.05) is 6.42 Å². The molecule has 0 amide bonds. The molecule has 0 radical (unpaired) electrons. The van der Waals surface area contributed by atoms with Crippen LogP contribution in [0.15, 0.2) is 29.2 Å². The van der Waals surface area contributed by atoms with Crippen LogP contribution in [0.2, 0.25) is 0 Å². The van der Waals surface area contributed by atoms with Gasteiger partial charge in [-0.3, -0.25) is 0 Å². The first-order valence-corrected chi connectivity index (χ1v) is 8.42. The number of hydrogen-bond donors (Lipinski definition) is 2. The Morgan fingerprint density at radius 2 is 2.00 bits per heavy atom. The number of rotatable bonds is 6. The van der Waals surface area contributed by atoms with Crippen molar-refractivity contribution in [1.82, 2.24) is 4.72 Å². The molecule has 1 aliphatic rings. The number of nitrogens with one attached hydrogen (secondary N) is 1. The predicted octanol–water partition coefficient (Wildman–Crippen LogP) is 1.52. The third kappa shape index (κ3) is 3.71. The van der Waals surface area contributed by atoms with E-state index < -0.39 is 16.1 Å². The van der Waals surface area contributed by atoms with Crippen molar-refractivity contribution in [3.05, 3.63) is 24.3 Å². The summed E-state index contributed by atoms with van der Waals surface area (Å²) in [7, 11) is -3.52. The lowest BCUT2D eigenvalue weighted by Crippen LogP contribution is -2.32. The van der Waals surface area contributed by atoms with Crippen LogP contribution >= 0.6 is 0 Å². The third-order valence-electron chi connectivity index (χ3n) is 3.60. The van der Waals surface area contributed by atoms with Gasteiger partial charge in [0.05, 0.1) is 17.6 Å². The zero-order valence-electron chi connectivity index (χ0n) is 11.6. The van der Waals surface area contributed by atoms with E-state index in [0.717, 1.165) is 19.3 Å². The van der Waals surface area contributed by atoms with Crippen LogP contribution in [0.1, 0.15) is 26.2 Å². The van der Waals surface area contributed by atoms with Crippen LogP contribution in [-0.2, 0) is 10.0 Å². The number of ether oxygens (including phenoxy) is 1. The molecule has 2 unspecified atom stereocenters. The number of aliphatic hydroxyl groups is 1. The summed E-state index contributed by atoms with van der Waals surface area (Å²) in [5.41, 5.74) is 0. The lowest BCUT2D eigenvalue weighted by atomic mass is 10.1. The highest BCUT2D eigenvalue weighted by atomic mass is 32.2. The maximum atomic E-state index is 12.1. The Bertz CT molecular complexity index is 527. The lowest BCUT2D eigenvalue weighted by Gasteiger charge is -2.15. The highest BCUT2D eigenvalue weighted by Crippen LogP contribution is 2.25. The summed E-state index contributed by atoms with van der Waals surface area (Å²) in [5, 5.41) is 9.70. The average molecular weight is 299 g/mol. The molecular weight excluding hydrogens is 278 g/mol. The summed E-state index contributed by atoms with van der Waals surface area (Å²) < 4.78 is 32.1. The molecule has 0 heterocycles. The summed E-state index contributed by atoms with van der Waals surface area (Å²) in [6.45, 7) is 2.71. The summed E-state index contributed by atoms with van der Waals surface area (Å²) >= 11 is 0. The van der Waals surface area contributed by atoms with E-state index in [4.69, 9.17) is 4.74 Å². The van der Waals surface area contributed by atoms with Gasteiger partial charge < -0.3 is 9.84 Å². The minimum absolute atomic E-state index is 0.0208. The molecule has 1 aliphatic carbocycles. The second-order valence-corrected chi connectivity index (χ2v) is 6.78. The molecular formula is C14H21NO4S. The van der Waals surface area contributed by atoms with E-state index in [9.17, 15) is 13.5 Å². The van der Waals surface area contributed by atoms with Crippen LogP contribution in [0, 0.1) is 5.92 Å². The maximum Gasteiger partial charge on any atom is 0.240 e. The van der Waals surface area contributed by atoms with Gasteiger partial charge in [-0.2, -0.15) is 0 Å². The van der Waals surface area contributed by atoms with Gasteiger partial charge >= 0.3 is 0 Å². The predicted molar refractivity (Wildman–Crippen MR) is 76.1 cm³/mol. The number of benzene rings is 1. The topological polar surface area (TPSA) is 75.6 Å². The second kappa shape index (κ2) is 6.56. The Hall–Kier alpha value is -1.11. The molecule has 1 saturated carbocycles. The number of aliphatic hydroxyl groups excluding tert-OH is 1. The first-order chi connectivity index (χ1) is 9.53. The third-order valence-corrected chi connectivity index (χ3v) is 5.04. The van der Waals surface area contributed by atoms with Gasteiger partial charge in [-0.15, -0.1) is 0 Å². The normalized spacial score (nSPS) is 22.9. The molecule has 5 nitrogen and oxygen atoms in total. The van der Waals surface area contributed by atoms with Gasteiger partial charge in [0.1, 0.15) is 5.75 Å². The van der Waals surface area contributed by atoms with Gasteiger partial charge in [0, 0.05) is 6.54 Å². The molecule has 0 saturated heterocycles. The summed E-state index contributed by atoms with van der Waals surface area (Å²) in [4.78, 5) is 0.216. The maximum absolute atomic E-state index is 12.1. The van der Waals surface area contributed by atoms with E-state index in [1.54, 1.807) is 12.1 Å². The zero-order valence-corrected chi connectivity index (χ0v) is 12.4. The molecule has 1 aromatic rings. The average Bonchev–Trinajstić information content (AvgIpc) is 2.83. The molecule has 0 bridgehead atoms. The quantitative estimate of drug-likeness (QED) is 0.835. The Balaban J connectivity index is 1.98. The molecule has 2 atom stereocenters. The SMILES string of the molecule is CCOc1ccc(S(=O)(=O)NCC2CCCC2O)cc1. The fourth-order valence-corrected chi connectivity index (χ4v) is 3.53. The number of hydrogen-bond acceptors (Lipinski definition) is 4. The van der Waals surface area contributed by atoms with Crippen molar-refractivity contribution in [3.63, 3.8) is 0 Å². The largest absolute Gasteiger partial charge is 0.494 e. The van der Waals surface area contributed by atoms with Crippen LogP contribution in [0.5, 0.6) is 5.75 Å². The standard InChI is InChI=1S/C14H21NO4S/c1-2-19-12-6-8-13(9-7-12)20(17,18)15-10-11-4-3-5-14(11)16/h6-9,11,14-16H,2-5,10H2,1H3. The van der Waals surface area contributed by atoms with Crippen molar-refractivity contribution >= 4 is 10.0 Å². The van der Waals surface area contributed by atoms with Gasteiger partial charge in [0.25, 0.3) is 0 Å². The minimum Gasteiger partial charge on any atom is -0.494 e. The smallest absolute Gasteiger partial charge is 0.240 e. The number of sulfonamides is 1. The van der Waals surface area contributed by atoms with Crippen molar-refractivity contribution in [2.45, 2.75) is 37.2 Å². The Kier molecular flexibility index (Phi) is 5.01. The molecule has 0 aromatic heterocycles. The van der Waals surface area contributed by atoms with E-state index in [1.165, 1.54) is 12.1 Å².